The number of benzene rings is 2. The van der Waals surface area contributed by atoms with Crippen LogP contribution in [0.3, 0.4) is 0 Å². The summed E-state index contributed by atoms with van der Waals surface area (Å²) in [5.41, 5.74) is 0.500. The van der Waals surface area contributed by atoms with Crippen LogP contribution >= 0.6 is 11.6 Å². The Morgan fingerprint density at radius 2 is 1.88 bits per heavy atom. The summed E-state index contributed by atoms with van der Waals surface area (Å²) in [7, 11) is 1.64. The molecule has 0 aliphatic carbocycles. The molecule has 0 unspecified atom stereocenters. The predicted molar refractivity (Wildman–Crippen MR) is 88.6 cm³/mol. The molecule has 6 heteroatoms. The molecule has 2 aromatic rings. The number of alkyl halides is 3. The van der Waals surface area contributed by atoms with Gasteiger partial charge in [0.15, 0.2) is 5.78 Å². The number of halogens is 4. The van der Waals surface area contributed by atoms with Gasteiger partial charge in [0.2, 0.25) is 0 Å². The van der Waals surface area contributed by atoms with Gasteiger partial charge in [0, 0.05) is 30.3 Å². The Hall–Kier alpha value is -2.27. The Balaban J connectivity index is 2.28. The number of rotatable bonds is 5. The highest BCUT2D eigenvalue weighted by molar-refractivity contribution is 6.31. The summed E-state index contributed by atoms with van der Waals surface area (Å²) in [6.45, 7) is 0. The molecule has 0 radical (unpaired) electrons. The van der Waals surface area contributed by atoms with Gasteiger partial charge in [0.05, 0.1) is 5.56 Å². The van der Waals surface area contributed by atoms with E-state index in [-0.39, 0.29) is 12.2 Å². The molecule has 0 atom stereocenters. The minimum Gasteiger partial charge on any atom is -0.393 e. The number of carbonyl (C=O) groups is 1. The molecule has 0 heterocycles. The van der Waals surface area contributed by atoms with E-state index in [1.165, 1.54) is 18.3 Å². The second kappa shape index (κ2) is 7.53. The Kier molecular flexibility index (Phi) is 5.67. The van der Waals surface area contributed by atoms with Crippen LogP contribution in [0.5, 0.6) is 0 Å². The predicted octanol–water partition coefficient (Wildman–Crippen LogP) is 4.73. The molecule has 2 aromatic carbocycles. The maximum absolute atomic E-state index is 12.8. The maximum Gasteiger partial charge on any atom is 0.416 e. The molecule has 126 valence electrons. The molecular weight excluding hydrogens is 339 g/mol. The van der Waals surface area contributed by atoms with Crippen molar-refractivity contribution < 1.29 is 18.0 Å². The first-order valence-corrected chi connectivity index (χ1v) is 7.52. The second-order valence-corrected chi connectivity index (χ2v) is 5.59. The number of carbonyl (C=O) groups excluding carboxylic acids is 1. The van der Waals surface area contributed by atoms with E-state index in [0.29, 0.717) is 21.7 Å². The van der Waals surface area contributed by atoms with Crippen LogP contribution in [-0.2, 0) is 17.4 Å². The van der Waals surface area contributed by atoms with Crippen molar-refractivity contribution in [1.82, 2.24) is 5.32 Å². The summed E-state index contributed by atoms with van der Waals surface area (Å²) >= 11 is 5.94. The van der Waals surface area contributed by atoms with Crippen LogP contribution in [0.1, 0.15) is 16.7 Å². The second-order valence-electron chi connectivity index (χ2n) is 5.16. The van der Waals surface area contributed by atoms with E-state index in [4.69, 9.17) is 11.6 Å². The zero-order valence-electron chi connectivity index (χ0n) is 12.8. The molecule has 24 heavy (non-hydrogen) atoms. The van der Waals surface area contributed by atoms with Crippen LogP contribution in [0.2, 0.25) is 5.02 Å². The van der Waals surface area contributed by atoms with Gasteiger partial charge >= 0.3 is 6.18 Å². The van der Waals surface area contributed by atoms with Crippen molar-refractivity contribution in [2.45, 2.75) is 12.6 Å². The fourth-order valence-corrected chi connectivity index (χ4v) is 2.45. The van der Waals surface area contributed by atoms with E-state index in [1.807, 2.05) is 0 Å². The smallest absolute Gasteiger partial charge is 0.393 e. The molecule has 0 amide bonds. The topological polar surface area (TPSA) is 29.1 Å². The van der Waals surface area contributed by atoms with Crippen LogP contribution < -0.4 is 5.32 Å². The van der Waals surface area contributed by atoms with Crippen molar-refractivity contribution in [2.75, 3.05) is 7.05 Å². The van der Waals surface area contributed by atoms with E-state index in [1.54, 1.807) is 31.3 Å². The Bertz CT molecular complexity index is 769. The van der Waals surface area contributed by atoms with Gasteiger partial charge in [0.1, 0.15) is 0 Å². The molecular formula is C18H15ClF3NO. The lowest BCUT2D eigenvalue weighted by molar-refractivity contribution is -0.137. The van der Waals surface area contributed by atoms with Gasteiger partial charge in [0.25, 0.3) is 0 Å². The van der Waals surface area contributed by atoms with Crippen molar-refractivity contribution in [3.63, 3.8) is 0 Å². The quantitative estimate of drug-likeness (QED) is 0.787. The van der Waals surface area contributed by atoms with Crippen molar-refractivity contribution in [3.8, 4) is 0 Å². The summed E-state index contributed by atoms with van der Waals surface area (Å²) in [6.07, 6.45) is -3.05. The summed E-state index contributed by atoms with van der Waals surface area (Å²) < 4.78 is 38.3. The number of nitrogens with one attached hydrogen (secondary N) is 1. The fourth-order valence-electron chi connectivity index (χ4n) is 2.26. The number of ketones is 1. The molecule has 0 aromatic heterocycles. The Morgan fingerprint density at radius 3 is 2.50 bits per heavy atom. The maximum atomic E-state index is 12.8. The van der Waals surface area contributed by atoms with Gasteiger partial charge < -0.3 is 5.32 Å². The molecule has 2 nitrogen and oxygen atoms in total. The third-order valence-corrected chi connectivity index (χ3v) is 3.58. The zero-order chi connectivity index (χ0) is 17.7. The lowest BCUT2D eigenvalue weighted by Crippen LogP contribution is -2.11. The lowest BCUT2D eigenvalue weighted by Gasteiger charge is -2.10. The standard InChI is InChI=1S/C18H15ClF3NO/c1-23-11-16(13-5-3-7-15(19)10-13)17(24)9-12-4-2-6-14(8-12)18(20,21)22/h2-8,10-11,23H,9H2,1H3. The minimum absolute atomic E-state index is 0.135. The van der Waals surface area contributed by atoms with Crippen LogP contribution in [0, 0.1) is 0 Å². The third kappa shape index (κ3) is 4.61. The number of Topliss-reactive ketones (excluding diaryl/α,β-unsaturated/α-hetero) is 1. The first-order chi connectivity index (χ1) is 11.3. The van der Waals surface area contributed by atoms with Crippen LogP contribution in [0.15, 0.2) is 54.7 Å². The number of hydrogen-bond donors (Lipinski definition) is 1. The number of allylic oxidation sites excluding steroid dienone is 1. The van der Waals surface area contributed by atoms with E-state index < -0.39 is 11.7 Å². The van der Waals surface area contributed by atoms with Crippen LogP contribution in [-0.4, -0.2) is 12.8 Å². The summed E-state index contributed by atoms with van der Waals surface area (Å²) in [6, 6.07) is 11.5. The van der Waals surface area contributed by atoms with E-state index in [9.17, 15) is 18.0 Å². The first kappa shape index (κ1) is 18.1. The van der Waals surface area contributed by atoms with E-state index >= 15 is 0 Å². The fraction of sp³-hybridized carbons (Fsp3) is 0.167. The van der Waals surface area contributed by atoms with Gasteiger partial charge in [-0.15, -0.1) is 0 Å². The molecule has 1 N–H and O–H groups in total. The highest BCUT2D eigenvalue weighted by Gasteiger charge is 2.30. The summed E-state index contributed by atoms with van der Waals surface area (Å²) in [5.74, 6) is -0.300. The van der Waals surface area contributed by atoms with E-state index in [2.05, 4.69) is 5.32 Å². The van der Waals surface area contributed by atoms with Gasteiger partial charge in [-0.05, 0) is 29.3 Å². The van der Waals surface area contributed by atoms with Crippen LogP contribution in [0.25, 0.3) is 5.57 Å². The molecule has 2 rings (SSSR count). The normalized spacial score (nSPS) is 12.1. The lowest BCUT2D eigenvalue weighted by atomic mass is 9.97. The molecule has 0 aliphatic heterocycles. The first-order valence-electron chi connectivity index (χ1n) is 7.14. The van der Waals surface area contributed by atoms with E-state index in [0.717, 1.165) is 12.1 Å². The summed E-state index contributed by atoms with van der Waals surface area (Å²) in [4.78, 5) is 12.5. The third-order valence-electron chi connectivity index (χ3n) is 3.34. The largest absolute Gasteiger partial charge is 0.416 e. The highest BCUT2D eigenvalue weighted by Crippen LogP contribution is 2.30. The molecule has 0 bridgehead atoms. The average Bonchev–Trinajstić information content (AvgIpc) is 2.52. The minimum atomic E-state index is -4.43. The molecule has 0 saturated heterocycles. The molecule has 0 fully saturated rings. The Morgan fingerprint density at radius 1 is 1.17 bits per heavy atom. The van der Waals surface area contributed by atoms with Gasteiger partial charge in [-0.25, -0.2) is 0 Å². The summed E-state index contributed by atoms with van der Waals surface area (Å²) in [5, 5.41) is 3.26. The average molecular weight is 354 g/mol. The molecule has 0 saturated carbocycles. The highest BCUT2D eigenvalue weighted by atomic mass is 35.5. The van der Waals surface area contributed by atoms with Crippen molar-refractivity contribution >= 4 is 23.0 Å². The SMILES string of the molecule is CNC=C(C(=O)Cc1cccc(C(F)(F)F)c1)c1cccc(Cl)c1. The van der Waals surface area contributed by atoms with Crippen molar-refractivity contribution in [3.05, 3.63) is 76.4 Å². The van der Waals surface area contributed by atoms with Gasteiger partial charge in [-0.3, -0.25) is 4.79 Å². The number of hydrogen-bond acceptors (Lipinski definition) is 2. The van der Waals surface area contributed by atoms with Crippen molar-refractivity contribution in [2.24, 2.45) is 0 Å². The Labute approximate surface area is 142 Å². The van der Waals surface area contributed by atoms with Crippen LogP contribution in [0.4, 0.5) is 13.2 Å². The van der Waals surface area contributed by atoms with Gasteiger partial charge in [-0.1, -0.05) is 41.9 Å². The van der Waals surface area contributed by atoms with Crippen molar-refractivity contribution in [1.29, 1.82) is 0 Å². The molecule has 0 spiro atoms. The van der Waals surface area contributed by atoms with Gasteiger partial charge in [-0.2, -0.15) is 13.2 Å². The zero-order valence-corrected chi connectivity index (χ0v) is 13.6. The molecule has 0 aliphatic rings. The monoisotopic (exact) mass is 353 g/mol.